The van der Waals surface area contributed by atoms with E-state index in [4.69, 9.17) is 10.1 Å². The van der Waals surface area contributed by atoms with E-state index in [1.54, 1.807) is 18.2 Å². The van der Waals surface area contributed by atoms with Gasteiger partial charge in [0.2, 0.25) is 5.91 Å². The maximum absolute atomic E-state index is 13.2. The van der Waals surface area contributed by atoms with Gasteiger partial charge in [0.05, 0.1) is 6.04 Å². The summed E-state index contributed by atoms with van der Waals surface area (Å²) in [6, 6.07) is 20.9. The minimum atomic E-state index is -0.397. The lowest BCUT2D eigenvalue weighted by Crippen LogP contribution is -2.39. The third-order valence-corrected chi connectivity index (χ3v) is 5.01. The maximum atomic E-state index is 13.2. The Balaban J connectivity index is 1.82. The largest absolute Gasteiger partial charge is 0.484 e. The molecule has 0 aliphatic carbocycles. The molecule has 1 amide bonds. The van der Waals surface area contributed by atoms with Gasteiger partial charge in [0.25, 0.3) is 0 Å². The zero-order chi connectivity index (χ0) is 22.9. The van der Waals surface area contributed by atoms with Crippen LogP contribution < -0.4 is 15.4 Å². The summed E-state index contributed by atoms with van der Waals surface area (Å²) in [5, 5.41) is 14.0. The summed E-state index contributed by atoms with van der Waals surface area (Å²) in [7, 11) is 0. The van der Waals surface area contributed by atoms with Gasteiger partial charge < -0.3 is 20.8 Å². The molecular weight excluding hydrogens is 405 g/mol. The van der Waals surface area contributed by atoms with Crippen LogP contribution in [0.2, 0.25) is 0 Å². The van der Waals surface area contributed by atoms with Crippen LogP contribution in [0.3, 0.4) is 0 Å². The van der Waals surface area contributed by atoms with Crippen LogP contribution in [0.25, 0.3) is 0 Å². The van der Waals surface area contributed by atoms with Crippen molar-refractivity contribution < 1.29 is 13.9 Å². The lowest BCUT2D eigenvalue weighted by molar-refractivity contribution is -0.122. The molecule has 3 aromatic carbocycles. The smallest absolute Gasteiger partial charge is 0.220 e. The second-order valence-corrected chi connectivity index (χ2v) is 7.58. The monoisotopic (exact) mass is 433 g/mol. The Hall–Kier alpha value is -3.67. The van der Waals surface area contributed by atoms with E-state index < -0.39 is 6.10 Å². The summed E-state index contributed by atoms with van der Waals surface area (Å²) < 4.78 is 19.5. The number of hydrogen-bond acceptors (Lipinski definition) is 4. The molecule has 0 heterocycles. The standard InChI is InChI=1S/C26H28FN3O2/c1-3-7-25(31)29-18(2)26(19-8-5-4-6-9-19)32-23-14-15-24(20(16-23)17-28)30-22-12-10-21(27)11-13-22/h4-6,8-18,26,28,30H,3,7H2,1-2H3,(H,29,31)/t18-,26-/m0/s1. The highest BCUT2D eigenvalue weighted by atomic mass is 19.1. The first-order chi connectivity index (χ1) is 15.5. The summed E-state index contributed by atoms with van der Waals surface area (Å²) in [6.45, 7) is 3.89. The number of carbonyl (C=O) groups is 1. The van der Waals surface area contributed by atoms with E-state index in [2.05, 4.69) is 10.6 Å². The first kappa shape index (κ1) is 23.0. The number of ether oxygens (including phenoxy) is 1. The molecule has 3 aromatic rings. The van der Waals surface area contributed by atoms with Gasteiger partial charge in [-0.05, 0) is 61.4 Å². The fourth-order valence-corrected chi connectivity index (χ4v) is 3.41. The highest BCUT2D eigenvalue weighted by Gasteiger charge is 2.23. The number of rotatable bonds is 10. The van der Waals surface area contributed by atoms with Gasteiger partial charge in [-0.1, -0.05) is 37.3 Å². The van der Waals surface area contributed by atoms with Crippen LogP contribution in [0.5, 0.6) is 5.75 Å². The van der Waals surface area contributed by atoms with Crippen LogP contribution in [0.1, 0.15) is 43.9 Å². The normalized spacial score (nSPS) is 12.5. The minimum absolute atomic E-state index is 0.0106. The molecule has 2 atom stereocenters. The Bertz CT molecular complexity index is 1040. The number of amides is 1. The maximum Gasteiger partial charge on any atom is 0.220 e. The van der Waals surface area contributed by atoms with Gasteiger partial charge in [0.1, 0.15) is 17.7 Å². The van der Waals surface area contributed by atoms with Crippen molar-refractivity contribution in [2.45, 2.75) is 38.8 Å². The third-order valence-electron chi connectivity index (χ3n) is 5.01. The first-order valence-corrected chi connectivity index (χ1v) is 10.7. The molecule has 3 N–H and O–H groups in total. The second-order valence-electron chi connectivity index (χ2n) is 7.58. The first-order valence-electron chi connectivity index (χ1n) is 10.7. The van der Waals surface area contributed by atoms with Crippen molar-refractivity contribution in [2.75, 3.05) is 5.32 Å². The average molecular weight is 434 g/mol. The van der Waals surface area contributed by atoms with Crippen molar-refractivity contribution in [2.24, 2.45) is 0 Å². The van der Waals surface area contributed by atoms with Gasteiger partial charge in [-0.15, -0.1) is 0 Å². The van der Waals surface area contributed by atoms with Crippen molar-refractivity contribution in [3.8, 4) is 5.75 Å². The quantitative estimate of drug-likeness (QED) is 0.344. The zero-order valence-corrected chi connectivity index (χ0v) is 18.3. The molecule has 0 aromatic heterocycles. The molecule has 6 heteroatoms. The molecule has 0 saturated carbocycles. The summed E-state index contributed by atoms with van der Waals surface area (Å²) in [6.07, 6.45) is 2.09. The minimum Gasteiger partial charge on any atom is -0.484 e. The fourth-order valence-electron chi connectivity index (χ4n) is 3.41. The van der Waals surface area contributed by atoms with Crippen molar-refractivity contribution in [3.63, 3.8) is 0 Å². The molecule has 166 valence electrons. The third kappa shape index (κ3) is 6.17. The Kier molecular flexibility index (Phi) is 7.97. The molecule has 0 radical (unpaired) electrons. The molecule has 0 aliphatic rings. The highest BCUT2D eigenvalue weighted by molar-refractivity contribution is 5.88. The molecule has 0 fully saturated rings. The van der Waals surface area contributed by atoms with Crippen molar-refractivity contribution in [1.29, 1.82) is 5.41 Å². The summed E-state index contributed by atoms with van der Waals surface area (Å²) in [5.41, 5.74) is 3.00. The Morgan fingerprint density at radius 3 is 2.47 bits per heavy atom. The average Bonchev–Trinajstić information content (AvgIpc) is 2.80. The number of carbonyl (C=O) groups excluding carboxylic acids is 1. The second kappa shape index (κ2) is 11.1. The SMILES string of the molecule is CCCC(=O)N[C@@H](C)[C@H](Oc1ccc(Nc2ccc(F)cc2)c(C=N)c1)c1ccccc1. The van der Waals surface area contributed by atoms with Gasteiger partial charge in [0.15, 0.2) is 0 Å². The molecule has 0 unspecified atom stereocenters. The van der Waals surface area contributed by atoms with Crippen LogP contribution in [-0.2, 0) is 4.79 Å². The van der Waals surface area contributed by atoms with Crippen LogP contribution in [0, 0.1) is 11.2 Å². The van der Waals surface area contributed by atoms with E-state index in [9.17, 15) is 9.18 Å². The molecule has 0 spiro atoms. The predicted molar refractivity (Wildman–Crippen MR) is 126 cm³/mol. The summed E-state index contributed by atoms with van der Waals surface area (Å²) >= 11 is 0. The molecule has 32 heavy (non-hydrogen) atoms. The van der Waals surface area contributed by atoms with E-state index in [0.717, 1.165) is 17.7 Å². The zero-order valence-electron chi connectivity index (χ0n) is 18.3. The lowest BCUT2D eigenvalue weighted by atomic mass is 10.0. The van der Waals surface area contributed by atoms with Gasteiger partial charge >= 0.3 is 0 Å². The number of nitrogens with one attached hydrogen (secondary N) is 3. The molecule has 0 saturated heterocycles. The summed E-state index contributed by atoms with van der Waals surface area (Å²) in [5.74, 6) is 0.265. The van der Waals surface area contributed by atoms with Crippen LogP contribution in [0.15, 0.2) is 72.8 Å². The Morgan fingerprint density at radius 2 is 1.81 bits per heavy atom. The van der Waals surface area contributed by atoms with E-state index >= 15 is 0 Å². The topological polar surface area (TPSA) is 74.2 Å². The van der Waals surface area contributed by atoms with Gasteiger partial charge in [0, 0.05) is 29.6 Å². The number of benzene rings is 3. The number of halogens is 1. The van der Waals surface area contributed by atoms with Crippen LogP contribution in [0.4, 0.5) is 15.8 Å². The molecular formula is C26H28FN3O2. The predicted octanol–water partition coefficient (Wildman–Crippen LogP) is 5.99. The van der Waals surface area contributed by atoms with Crippen LogP contribution >= 0.6 is 0 Å². The van der Waals surface area contributed by atoms with Crippen molar-refractivity contribution in [3.05, 3.63) is 89.7 Å². The van der Waals surface area contributed by atoms with E-state index in [0.29, 0.717) is 23.4 Å². The van der Waals surface area contributed by atoms with Gasteiger partial charge in [-0.2, -0.15) is 0 Å². The van der Waals surface area contributed by atoms with E-state index in [1.807, 2.05) is 56.3 Å². The molecule has 0 bridgehead atoms. The van der Waals surface area contributed by atoms with Gasteiger partial charge in [-0.25, -0.2) is 4.39 Å². The molecule has 0 aliphatic heterocycles. The molecule has 3 rings (SSSR count). The molecule has 5 nitrogen and oxygen atoms in total. The summed E-state index contributed by atoms with van der Waals surface area (Å²) in [4.78, 5) is 12.2. The van der Waals surface area contributed by atoms with Gasteiger partial charge in [-0.3, -0.25) is 4.79 Å². The van der Waals surface area contributed by atoms with E-state index in [1.165, 1.54) is 18.3 Å². The van der Waals surface area contributed by atoms with Crippen molar-refractivity contribution >= 4 is 23.5 Å². The number of anilines is 2. The van der Waals surface area contributed by atoms with Crippen molar-refractivity contribution in [1.82, 2.24) is 5.32 Å². The highest BCUT2D eigenvalue weighted by Crippen LogP contribution is 2.29. The fraction of sp³-hybridized carbons (Fsp3) is 0.231. The Labute approximate surface area is 188 Å². The van der Waals surface area contributed by atoms with Crippen LogP contribution in [-0.4, -0.2) is 18.2 Å². The van der Waals surface area contributed by atoms with E-state index in [-0.39, 0.29) is 17.8 Å². The number of hydrogen-bond donors (Lipinski definition) is 3. The lowest BCUT2D eigenvalue weighted by Gasteiger charge is -2.27. The Morgan fingerprint density at radius 1 is 1.09 bits per heavy atom.